The number of carbonyl (C=O) groups excluding carboxylic acids is 1. The zero-order valence-corrected chi connectivity index (χ0v) is 12.4. The van der Waals surface area contributed by atoms with E-state index in [4.69, 9.17) is 10.5 Å². The summed E-state index contributed by atoms with van der Waals surface area (Å²) in [5, 5.41) is 10.9. The Morgan fingerprint density at radius 3 is 2.80 bits per heavy atom. The Labute approximate surface area is 120 Å². The Morgan fingerprint density at radius 1 is 1.35 bits per heavy atom. The topological polar surface area (TPSA) is 72.6 Å². The van der Waals surface area contributed by atoms with Crippen LogP contribution in [-0.2, 0) is 9.53 Å². The van der Waals surface area contributed by atoms with Crippen molar-refractivity contribution in [1.29, 1.82) is 0 Å². The molecule has 0 heterocycles. The minimum absolute atomic E-state index is 0.0725. The van der Waals surface area contributed by atoms with Gasteiger partial charge < -0.3 is 15.6 Å². The molecule has 4 heteroatoms. The van der Waals surface area contributed by atoms with Crippen molar-refractivity contribution in [2.24, 2.45) is 28.4 Å². The van der Waals surface area contributed by atoms with E-state index in [9.17, 15) is 9.90 Å². The molecule has 4 saturated carbocycles. The van der Waals surface area contributed by atoms with Crippen molar-refractivity contribution in [2.45, 2.75) is 63.6 Å². The van der Waals surface area contributed by atoms with Gasteiger partial charge in [-0.05, 0) is 57.8 Å². The van der Waals surface area contributed by atoms with Crippen molar-refractivity contribution < 1.29 is 14.6 Å². The fourth-order valence-electron chi connectivity index (χ4n) is 5.88. The van der Waals surface area contributed by atoms with Gasteiger partial charge in [-0.25, -0.2) is 0 Å². The molecule has 4 unspecified atom stereocenters. The molecule has 4 aliphatic rings. The highest BCUT2D eigenvalue weighted by atomic mass is 16.6. The van der Waals surface area contributed by atoms with E-state index in [0.717, 1.165) is 25.7 Å². The number of nitrogens with two attached hydrogens (primary N) is 1. The third kappa shape index (κ3) is 1.32. The Morgan fingerprint density at radius 2 is 2.10 bits per heavy atom. The molecule has 3 bridgehead atoms. The van der Waals surface area contributed by atoms with Crippen LogP contribution in [0.15, 0.2) is 0 Å². The molecule has 4 rings (SSSR count). The van der Waals surface area contributed by atoms with Crippen LogP contribution in [0.1, 0.15) is 52.4 Å². The molecular formula is C16H25NO3. The van der Waals surface area contributed by atoms with Crippen molar-refractivity contribution in [1.82, 2.24) is 0 Å². The molecule has 4 nitrogen and oxygen atoms in total. The van der Waals surface area contributed by atoms with Crippen LogP contribution in [0, 0.1) is 22.7 Å². The zero-order chi connectivity index (χ0) is 14.4. The first-order valence-electron chi connectivity index (χ1n) is 7.90. The van der Waals surface area contributed by atoms with Crippen LogP contribution in [0.25, 0.3) is 0 Å². The number of ether oxygens (including phenoxy) is 1. The fraction of sp³-hybridized carbons (Fsp3) is 0.938. The highest BCUT2D eigenvalue weighted by molar-refractivity contribution is 5.76. The molecule has 0 aromatic carbocycles. The third-order valence-electron chi connectivity index (χ3n) is 6.85. The molecule has 0 saturated heterocycles. The molecule has 20 heavy (non-hydrogen) atoms. The van der Waals surface area contributed by atoms with Crippen LogP contribution >= 0.6 is 0 Å². The zero-order valence-electron chi connectivity index (χ0n) is 12.4. The molecular weight excluding hydrogens is 254 g/mol. The smallest absolute Gasteiger partial charge is 0.313 e. The molecule has 4 fully saturated rings. The van der Waals surface area contributed by atoms with Crippen LogP contribution in [0.4, 0.5) is 0 Å². The summed E-state index contributed by atoms with van der Waals surface area (Å²) in [6, 6.07) is 0. The summed E-state index contributed by atoms with van der Waals surface area (Å²) in [4.78, 5) is 12.4. The molecule has 0 radical (unpaired) electrons. The monoisotopic (exact) mass is 279 g/mol. The van der Waals surface area contributed by atoms with Crippen LogP contribution < -0.4 is 5.73 Å². The molecule has 1 spiro atoms. The van der Waals surface area contributed by atoms with Crippen molar-refractivity contribution in [3.63, 3.8) is 0 Å². The summed E-state index contributed by atoms with van der Waals surface area (Å²) < 4.78 is 5.98. The van der Waals surface area contributed by atoms with E-state index in [1.54, 1.807) is 0 Å². The van der Waals surface area contributed by atoms with Gasteiger partial charge in [0.05, 0.1) is 11.0 Å². The second-order valence-corrected chi connectivity index (χ2v) is 8.61. The van der Waals surface area contributed by atoms with Crippen LogP contribution in [0.5, 0.6) is 0 Å². The molecule has 0 amide bonds. The SMILES string of the molecule is CC(C)(CN)C(=O)OC12CC3CC4CC(O)(C1)[C@]4(C3)C2. The van der Waals surface area contributed by atoms with Gasteiger partial charge in [-0.2, -0.15) is 0 Å². The highest BCUT2D eigenvalue weighted by Gasteiger charge is 2.79. The summed E-state index contributed by atoms with van der Waals surface area (Å²) in [5.41, 5.74) is 4.15. The number of rotatable bonds is 3. The molecule has 0 aliphatic heterocycles. The number of aliphatic hydroxyl groups is 1. The van der Waals surface area contributed by atoms with Crippen molar-refractivity contribution in [3.8, 4) is 0 Å². The van der Waals surface area contributed by atoms with Gasteiger partial charge in [0.1, 0.15) is 5.60 Å². The number of esters is 1. The summed E-state index contributed by atoms with van der Waals surface area (Å²) in [6.45, 7) is 3.97. The molecule has 3 N–H and O–H groups in total. The van der Waals surface area contributed by atoms with Crippen LogP contribution in [0.3, 0.4) is 0 Å². The van der Waals surface area contributed by atoms with E-state index in [1.807, 2.05) is 13.8 Å². The number of hydrogen-bond acceptors (Lipinski definition) is 4. The predicted octanol–water partition coefficient (Wildman–Crippen LogP) is 1.60. The van der Waals surface area contributed by atoms with E-state index in [2.05, 4.69) is 0 Å². The first-order valence-corrected chi connectivity index (χ1v) is 7.90. The summed E-state index contributed by atoms with van der Waals surface area (Å²) in [7, 11) is 0. The average Bonchev–Trinajstić information content (AvgIpc) is 2.65. The van der Waals surface area contributed by atoms with Gasteiger partial charge in [0.25, 0.3) is 0 Å². The maximum absolute atomic E-state index is 12.4. The number of fused-ring (bicyclic) bond motifs is 2. The van der Waals surface area contributed by atoms with Gasteiger partial charge in [-0.3, -0.25) is 4.79 Å². The molecule has 0 aromatic rings. The second kappa shape index (κ2) is 3.41. The van der Waals surface area contributed by atoms with Gasteiger partial charge in [0.15, 0.2) is 0 Å². The minimum atomic E-state index is -0.632. The third-order valence-corrected chi connectivity index (χ3v) is 6.85. The van der Waals surface area contributed by atoms with Crippen molar-refractivity contribution >= 4 is 5.97 Å². The lowest BCUT2D eigenvalue weighted by atomic mass is 9.53. The van der Waals surface area contributed by atoms with E-state index >= 15 is 0 Å². The van der Waals surface area contributed by atoms with Crippen LogP contribution in [0.2, 0.25) is 0 Å². The Kier molecular flexibility index (Phi) is 2.23. The van der Waals surface area contributed by atoms with Gasteiger partial charge in [0.2, 0.25) is 0 Å². The summed E-state index contributed by atoms with van der Waals surface area (Å²) in [6.07, 6.45) is 5.77. The lowest BCUT2D eigenvalue weighted by Crippen LogP contribution is -2.57. The molecule has 112 valence electrons. The number of hydrogen-bond donors (Lipinski definition) is 2. The average molecular weight is 279 g/mol. The van der Waals surface area contributed by atoms with E-state index in [-0.39, 0.29) is 11.4 Å². The normalized spacial score (nSPS) is 51.8. The maximum Gasteiger partial charge on any atom is 0.313 e. The molecule has 4 aliphatic carbocycles. The van der Waals surface area contributed by atoms with Crippen molar-refractivity contribution in [3.05, 3.63) is 0 Å². The molecule has 5 atom stereocenters. The summed E-state index contributed by atoms with van der Waals surface area (Å²) in [5.74, 6) is 1.11. The Balaban J connectivity index is 1.62. The van der Waals surface area contributed by atoms with E-state index < -0.39 is 16.6 Å². The van der Waals surface area contributed by atoms with Gasteiger partial charge in [-0.15, -0.1) is 0 Å². The number of carbonyl (C=O) groups is 1. The largest absolute Gasteiger partial charge is 0.458 e. The van der Waals surface area contributed by atoms with E-state index in [1.165, 1.54) is 6.42 Å². The van der Waals surface area contributed by atoms with Gasteiger partial charge >= 0.3 is 5.97 Å². The summed E-state index contributed by atoms with van der Waals surface area (Å²) >= 11 is 0. The van der Waals surface area contributed by atoms with Crippen LogP contribution in [-0.4, -0.2) is 28.8 Å². The quantitative estimate of drug-likeness (QED) is 0.770. The first kappa shape index (κ1) is 13.1. The molecule has 0 aromatic heterocycles. The lowest BCUT2D eigenvalue weighted by molar-refractivity contribution is -0.176. The fourth-order valence-corrected chi connectivity index (χ4v) is 5.88. The maximum atomic E-state index is 12.4. The minimum Gasteiger partial charge on any atom is -0.458 e. The highest BCUT2D eigenvalue weighted by Crippen LogP contribution is 2.78. The second-order valence-electron chi connectivity index (χ2n) is 8.61. The van der Waals surface area contributed by atoms with E-state index in [0.29, 0.717) is 24.8 Å². The van der Waals surface area contributed by atoms with Gasteiger partial charge in [0, 0.05) is 18.4 Å². The van der Waals surface area contributed by atoms with Gasteiger partial charge in [-0.1, -0.05) is 0 Å². The van der Waals surface area contributed by atoms with Crippen molar-refractivity contribution in [2.75, 3.05) is 6.54 Å². The standard InChI is InChI=1S/C16H25NO3/c1-13(2,9-17)12(18)20-14-4-10-3-11-6-16(19,8-14)15(11,5-10)7-14/h10-11,19H,3-9,17H2,1-2H3/t10?,11?,14?,15-,16?/m1/s1. The lowest BCUT2D eigenvalue weighted by Gasteiger charge is -2.55. The first-order chi connectivity index (χ1) is 9.24. The predicted molar refractivity (Wildman–Crippen MR) is 73.7 cm³/mol. The Bertz CT molecular complexity index is 490. The Hall–Kier alpha value is -0.610.